The SMILES string of the molecule is COC1CCC(N(C)C(CN)C2CC2)CC1. The summed E-state index contributed by atoms with van der Waals surface area (Å²) in [6.45, 7) is 0.825. The number of nitrogens with zero attached hydrogens (tertiary/aromatic N) is 1. The smallest absolute Gasteiger partial charge is 0.0572 e. The molecular formula is C13H26N2O. The molecule has 2 aliphatic carbocycles. The highest BCUT2D eigenvalue weighted by Gasteiger charge is 2.36. The molecule has 2 rings (SSSR count). The molecule has 1 atom stereocenters. The summed E-state index contributed by atoms with van der Waals surface area (Å²) in [4.78, 5) is 2.56. The van der Waals surface area contributed by atoms with Crippen molar-refractivity contribution in [3.63, 3.8) is 0 Å². The average molecular weight is 226 g/mol. The maximum atomic E-state index is 5.91. The Morgan fingerprint density at radius 2 is 1.81 bits per heavy atom. The Morgan fingerprint density at radius 1 is 1.19 bits per heavy atom. The average Bonchev–Trinajstić information content (AvgIpc) is 3.14. The highest BCUT2D eigenvalue weighted by atomic mass is 16.5. The minimum absolute atomic E-state index is 0.502. The van der Waals surface area contributed by atoms with Crippen molar-refractivity contribution in [1.29, 1.82) is 0 Å². The number of hydrogen-bond donors (Lipinski definition) is 1. The molecule has 3 nitrogen and oxygen atoms in total. The molecule has 1 unspecified atom stereocenters. The zero-order valence-corrected chi connectivity index (χ0v) is 10.7. The van der Waals surface area contributed by atoms with Crippen molar-refractivity contribution in [2.45, 2.75) is 56.7 Å². The van der Waals surface area contributed by atoms with Gasteiger partial charge in [-0.15, -0.1) is 0 Å². The molecule has 0 spiro atoms. The first-order valence-corrected chi connectivity index (χ1v) is 6.71. The lowest BCUT2D eigenvalue weighted by atomic mass is 9.91. The van der Waals surface area contributed by atoms with Gasteiger partial charge in [0.05, 0.1) is 6.10 Å². The molecule has 2 N–H and O–H groups in total. The quantitative estimate of drug-likeness (QED) is 0.774. The van der Waals surface area contributed by atoms with E-state index in [1.807, 2.05) is 7.11 Å². The van der Waals surface area contributed by atoms with Crippen LogP contribution in [0.15, 0.2) is 0 Å². The second-order valence-corrected chi connectivity index (χ2v) is 5.47. The first-order chi connectivity index (χ1) is 7.76. The van der Waals surface area contributed by atoms with Gasteiger partial charge in [0.25, 0.3) is 0 Å². The molecule has 0 heterocycles. The number of likely N-dealkylation sites (N-methyl/N-ethyl adjacent to an activating group) is 1. The number of methoxy groups -OCH3 is 1. The summed E-state index contributed by atoms with van der Waals surface area (Å²) in [6, 6.07) is 1.37. The third-order valence-corrected chi connectivity index (χ3v) is 4.48. The van der Waals surface area contributed by atoms with Gasteiger partial charge in [-0.1, -0.05) is 0 Å². The maximum Gasteiger partial charge on any atom is 0.0572 e. The van der Waals surface area contributed by atoms with Gasteiger partial charge in [0.2, 0.25) is 0 Å². The molecule has 94 valence electrons. The Balaban J connectivity index is 1.82. The molecule has 2 fully saturated rings. The van der Waals surface area contributed by atoms with Crippen LogP contribution in [-0.4, -0.2) is 43.8 Å². The fourth-order valence-corrected chi connectivity index (χ4v) is 3.13. The van der Waals surface area contributed by atoms with Gasteiger partial charge in [0.1, 0.15) is 0 Å². The summed E-state index contributed by atoms with van der Waals surface area (Å²) in [5, 5.41) is 0. The zero-order valence-electron chi connectivity index (χ0n) is 10.7. The van der Waals surface area contributed by atoms with Crippen molar-refractivity contribution < 1.29 is 4.74 Å². The topological polar surface area (TPSA) is 38.5 Å². The lowest BCUT2D eigenvalue weighted by molar-refractivity contribution is 0.0329. The lowest BCUT2D eigenvalue weighted by Crippen LogP contribution is -2.47. The summed E-state index contributed by atoms with van der Waals surface area (Å²) in [6.07, 6.45) is 8.26. The van der Waals surface area contributed by atoms with E-state index >= 15 is 0 Å². The van der Waals surface area contributed by atoms with Gasteiger partial charge in [-0.3, -0.25) is 4.90 Å². The molecule has 0 amide bonds. The summed E-state index contributed by atoms with van der Waals surface area (Å²) in [5.41, 5.74) is 5.91. The lowest BCUT2D eigenvalue weighted by Gasteiger charge is -2.38. The molecule has 0 saturated heterocycles. The Hall–Kier alpha value is -0.120. The Labute approximate surface area is 99.3 Å². The highest BCUT2D eigenvalue weighted by Crippen LogP contribution is 2.36. The maximum absolute atomic E-state index is 5.91. The molecule has 0 aliphatic heterocycles. The van der Waals surface area contributed by atoms with E-state index in [1.54, 1.807) is 0 Å². The van der Waals surface area contributed by atoms with Gasteiger partial charge in [-0.05, 0) is 51.5 Å². The zero-order chi connectivity index (χ0) is 11.5. The van der Waals surface area contributed by atoms with Crippen molar-refractivity contribution in [1.82, 2.24) is 4.90 Å². The molecule has 0 aromatic carbocycles. The van der Waals surface area contributed by atoms with Gasteiger partial charge in [-0.25, -0.2) is 0 Å². The van der Waals surface area contributed by atoms with Crippen LogP contribution in [0.4, 0.5) is 0 Å². The fraction of sp³-hybridized carbons (Fsp3) is 1.00. The molecule has 2 saturated carbocycles. The van der Waals surface area contributed by atoms with E-state index in [0.29, 0.717) is 12.1 Å². The summed E-state index contributed by atoms with van der Waals surface area (Å²) in [5.74, 6) is 0.884. The highest BCUT2D eigenvalue weighted by molar-refractivity contribution is 4.91. The number of nitrogens with two attached hydrogens (primary N) is 1. The number of hydrogen-bond acceptors (Lipinski definition) is 3. The van der Waals surface area contributed by atoms with Crippen LogP contribution in [0.3, 0.4) is 0 Å². The molecule has 0 aromatic heterocycles. The molecule has 0 bridgehead atoms. The second-order valence-electron chi connectivity index (χ2n) is 5.47. The Kier molecular flexibility index (Phi) is 4.22. The van der Waals surface area contributed by atoms with Crippen LogP contribution in [0.25, 0.3) is 0 Å². The number of rotatable bonds is 5. The molecule has 0 aromatic rings. The van der Waals surface area contributed by atoms with Crippen LogP contribution in [0.1, 0.15) is 38.5 Å². The van der Waals surface area contributed by atoms with Crippen LogP contribution in [0, 0.1) is 5.92 Å². The first-order valence-electron chi connectivity index (χ1n) is 6.71. The predicted octanol–water partition coefficient (Wildman–Crippen LogP) is 1.61. The third kappa shape index (κ3) is 2.76. The molecule has 2 aliphatic rings. The van der Waals surface area contributed by atoms with Crippen LogP contribution in [-0.2, 0) is 4.74 Å². The minimum Gasteiger partial charge on any atom is -0.381 e. The van der Waals surface area contributed by atoms with E-state index in [4.69, 9.17) is 10.5 Å². The van der Waals surface area contributed by atoms with E-state index in [2.05, 4.69) is 11.9 Å². The predicted molar refractivity (Wildman–Crippen MR) is 66.4 cm³/mol. The van der Waals surface area contributed by atoms with Crippen LogP contribution in [0.5, 0.6) is 0 Å². The van der Waals surface area contributed by atoms with Gasteiger partial charge in [0.15, 0.2) is 0 Å². The van der Waals surface area contributed by atoms with Crippen molar-refractivity contribution in [2.24, 2.45) is 11.7 Å². The van der Waals surface area contributed by atoms with E-state index in [-0.39, 0.29) is 0 Å². The summed E-state index contributed by atoms with van der Waals surface area (Å²) >= 11 is 0. The Bertz CT molecular complexity index is 210. The molecule has 3 heteroatoms. The van der Waals surface area contributed by atoms with Crippen molar-refractivity contribution in [3.8, 4) is 0 Å². The van der Waals surface area contributed by atoms with E-state index < -0.39 is 0 Å². The van der Waals surface area contributed by atoms with E-state index in [9.17, 15) is 0 Å². The third-order valence-electron chi connectivity index (χ3n) is 4.48. The largest absolute Gasteiger partial charge is 0.381 e. The standard InChI is InChI=1S/C13H26N2O/c1-15(13(9-14)10-3-4-10)11-5-7-12(16-2)8-6-11/h10-13H,3-9,14H2,1-2H3. The van der Waals surface area contributed by atoms with Crippen LogP contribution >= 0.6 is 0 Å². The van der Waals surface area contributed by atoms with Gasteiger partial charge < -0.3 is 10.5 Å². The van der Waals surface area contributed by atoms with Crippen LogP contribution in [0.2, 0.25) is 0 Å². The van der Waals surface area contributed by atoms with Gasteiger partial charge in [0, 0.05) is 25.7 Å². The van der Waals surface area contributed by atoms with Gasteiger partial charge >= 0.3 is 0 Å². The van der Waals surface area contributed by atoms with E-state index in [0.717, 1.165) is 18.5 Å². The van der Waals surface area contributed by atoms with Gasteiger partial charge in [-0.2, -0.15) is 0 Å². The van der Waals surface area contributed by atoms with Crippen molar-refractivity contribution in [2.75, 3.05) is 20.7 Å². The van der Waals surface area contributed by atoms with Crippen molar-refractivity contribution >= 4 is 0 Å². The van der Waals surface area contributed by atoms with E-state index in [1.165, 1.54) is 38.5 Å². The summed E-state index contributed by atoms with van der Waals surface area (Å²) in [7, 11) is 4.11. The molecule has 0 radical (unpaired) electrons. The summed E-state index contributed by atoms with van der Waals surface area (Å²) < 4.78 is 5.42. The fourth-order valence-electron chi connectivity index (χ4n) is 3.13. The Morgan fingerprint density at radius 3 is 2.25 bits per heavy atom. The monoisotopic (exact) mass is 226 g/mol. The molecular weight excluding hydrogens is 200 g/mol. The van der Waals surface area contributed by atoms with Crippen LogP contribution < -0.4 is 5.73 Å². The second kappa shape index (κ2) is 5.48. The first kappa shape index (κ1) is 12.3. The minimum atomic E-state index is 0.502. The van der Waals surface area contributed by atoms with Crippen molar-refractivity contribution in [3.05, 3.63) is 0 Å². The normalized spacial score (nSPS) is 33.0. The molecule has 16 heavy (non-hydrogen) atoms. The number of ether oxygens (including phenoxy) is 1.